The second-order valence-corrected chi connectivity index (χ2v) is 6.90. The van der Waals surface area contributed by atoms with Crippen molar-refractivity contribution in [2.75, 3.05) is 25.0 Å². The summed E-state index contributed by atoms with van der Waals surface area (Å²) in [5, 5.41) is 13.0. The first-order chi connectivity index (χ1) is 12.5. The molecule has 6 heteroatoms. The van der Waals surface area contributed by atoms with Gasteiger partial charge < -0.3 is 10.4 Å². The minimum absolute atomic E-state index is 0.179. The predicted octanol–water partition coefficient (Wildman–Crippen LogP) is 2.97. The molecule has 0 bridgehead atoms. The first-order valence-corrected chi connectivity index (χ1v) is 9.00. The highest BCUT2D eigenvalue weighted by Gasteiger charge is 2.21. The second kappa shape index (κ2) is 8.45. The molecule has 1 atom stereocenters. The van der Waals surface area contributed by atoms with E-state index in [1.807, 2.05) is 11.0 Å². The molecule has 1 fully saturated rings. The molecule has 2 aromatic rings. The second-order valence-electron chi connectivity index (χ2n) is 6.46. The van der Waals surface area contributed by atoms with Crippen molar-refractivity contribution in [1.82, 2.24) is 4.90 Å². The third-order valence-corrected chi connectivity index (χ3v) is 4.62. The number of hydrogen-bond donors (Lipinski definition) is 2. The molecule has 1 saturated heterocycles. The van der Waals surface area contributed by atoms with Crippen molar-refractivity contribution in [2.45, 2.75) is 18.9 Å². The molecule has 136 valence electrons. The zero-order valence-electron chi connectivity index (χ0n) is 14.3. The highest BCUT2D eigenvalue weighted by Crippen LogP contribution is 2.24. The minimum Gasteiger partial charge on any atom is -0.392 e. The monoisotopic (exact) mass is 372 g/mol. The number of carbonyl (C=O) groups excluding carboxylic acids is 2. The minimum atomic E-state index is -0.387. The Morgan fingerprint density at radius 3 is 2.69 bits per heavy atom. The molecule has 1 heterocycles. The van der Waals surface area contributed by atoms with Crippen molar-refractivity contribution < 1.29 is 14.7 Å². The van der Waals surface area contributed by atoms with Crippen LogP contribution in [0, 0.1) is 0 Å². The van der Waals surface area contributed by atoms with E-state index in [0.717, 1.165) is 19.4 Å². The SMILES string of the molecule is O=C(CN1CCCC(O)C1)Nc1ccc(Cl)cc1C(=O)c1ccccc1. The van der Waals surface area contributed by atoms with Gasteiger partial charge in [-0.15, -0.1) is 0 Å². The van der Waals surface area contributed by atoms with Gasteiger partial charge in [-0.05, 0) is 37.6 Å². The molecule has 0 radical (unpaired) electrons. The van der Waals surface area contributed by atoms with Crippen molar-refractivity contribution >= 4 is 29.0 Å². The van der Waals surface area contributed by atoms with Gasteiger partial charge in [-0.1, -0.05) is 41.9 Å². The molecule has 1 amide bonds. The van der Waals surface area contributed by atoms with Gasteiger partial charge in [-0.25, -0.2) is 0 Å². The number of carbonyl (C=O) groups is 2. The van der Waals surface area contributed by atoms with Crippen molar-refractivity contribution in [3.8, 4) is 0 Å². The third-order valence-electron chi connectivity index (χ3n) is 4.38. The lowest BCUT2D eigenvalue weighted by molar-refractivity contribution is -0.118. The number of piperidine rings is 1. The quantitative estimate of drug-likeness (QED) is 0.792. The van der Waals surface area contributed by atoms with E-state index in [0.29, 0.717) is 28.4 Å². The summed E-state index contributed by atoms with van der Waals surface area (Å²) in [6, 6.07) is 13.7. The van der Waals surface area contributed by atoms with Gasteiger partial charge in [0.05, 0.1) is 18.3 Å². The van der Waals surface area contributed by atoms with E-state index in [1.165, 1.54) is 0 Å². The topological polar surface area (TPSA) is 69.6 Å². The number of rotatable bonds is 5. The van der Waals surface area contributed by atoms with Gasteiger partial charge in [0.25, 0.3) is 0 Å². The molecule has 1 aliphatic heterocycles. The van der Waals surface area contributed by atoms with E-state index in [1.54, 1.807) is 42.5 Å². The van der Waals surface area contributed by atoms with Gasteiger partial charge in [0.1, 0.15) is 0 Å². The number of ketones is 1. The fourth-order valence-electron chi connectivity index (χ4n) is 3.13. The fraction of sp³-hybridized carbons (Fsp3) is 0.300. The van der Waals surface area contributed by atoms with Gasteiger partial charge in [0.15, 0.2) is 5.78 Å². The molecule has 0 saturated carbocycles. The normalized spacial score (nSPS) is 17.7. The summed E-state index contributed by atoms with van der Waals surface area (Å²) >= 11 is 6.06. The summed E-state index contributed by atoms with van der Waals surface area (Å²) < 4.78 is 0. The number of nitrogens with zero attached hydrogens (tertiary/aromatic N) is 1. The van der Waals surface area contributed by atoms with Crippen LogP contribution in [0.5, 0.6) is 0 Å². The zero-order chi connectivity index (χ0) is 18.5. The third kappa shape index (κ3) is 4.69. The number of aliphatic hydroxyl groups is 1. The van der Waals surface area contributed by atoms with Crippen LogP contribution < -0.4 is 5.32 Å². The standard InChI is InChI=1S/C20H21ClN2O3/c21-15-8-9-18(17(11-15)20(26)14-5-2-1-3-6-14)22-19(25)13-23-10-4-7-16(24)12-23/h1-3,5-6,8-9,11,16,24H,4,7,10,12-13H2,(H,22,25). The zero-order valence-corrected chi connectivity index (χ0v) is 15.1. The summed E-state index contributed by atoms with van der Waals surface area (Å²) in [7, 11) is 0. The van der Waals surface area contributed by atoms with Gasteiger partial charge in [0, 0.05) is 22.7 Å². The van der Waals surface area contributed by atoms with Crippen LogP contribution in [0.2, 0.25) is 5.02 Å². The molecule has 1 unspecified atom stereocenters. The molecule has 1 aliphatic rings. The summed E-state index contributed by atoms with van der Waals surface area (Å²) in [5.41, 5.74) is 1.32. The van der Waals surface area contributed by atoms with E-state index >= 15 is 0 Å². The summed E-state index contributed by atoms with van der Waals surface area (Å²) in [5.74, 6) is -0.416. The number of β-amino-alcohol motifs (C(OH)–C–C–N with tert-alkyl or cyclic N) is 1. The molecule has 0 aromatic heterocycles. The number of hydrogen-bond acceptors (Lipinski definition) is 4. The fourth-order valence-corrected chi connectivity index (χ4v) is 3.30. The maximum atomic E-state index is 12.8. The van der Waals surface area contributed by atoms with E-state index in [4.69, 9.17) is 11.6 Å². The Bertz CT molecular complexity index is 795. The number of amides is 1. The van der Waals surface area contributed by atoms with Gasteiger partial charge in [-0.2, -0.15) is 0 Å². The molecular weight excluding hydrogens is 352 g/mol. The Balaban J connectivity index is 1.75. The lowest BCUT2D eigenvalue weighted by atomic mass is 10.0. The lowest BCUT2D eigenvalue weighted by Crippen LogP contribution is -2.42. The molecule has 3 rings (SSSR count). The molecule has 0 spiro atoms. The van der Waals surface area contributed by atoms with Crippen molar-refractivity contribution in [3.63, 3.8) is 0 Å². The number of halogens is 1. The van der Waals surface area contributed by atoms with Gasteiger partial charge in [-0.3, -0.25) is 14.5 Å². The molecule has 2 aromatic carbocycles. The molecular formula is C20H21ClN2O3. The summed E-state index contributed by atoms with van der Waals surface area (Å²) in [4.78, 5) is 27.1. The largest absolute Gasteiger partial charge is 0.392 e. The van der Waals surface area contributed by atoms with Crippen LogP contribution in [-0.2, 0) is 4.79 Å². The molecule has 26 heavy (non-hydrogen) atoms. The highest BCUT2D eigenvalue weighted by atomic mass is 35.5. The molecule has 0 aliphatic carbocycles. The lowest BCUT2D eigenvalue weighted by Gasteiger charge is -2.29. The number of anilines is 1. The van der Waals surface area contributed by atoms with Crippen molar-refractivity contribution in [1.29, 1.82) is 0 Å². The summed E-state index contributed by atoms with van der Waals surface area (Å²) in [6.45, 7) is 1.45. The van der Waals surface area contributed by atoms with E-state index < -0.39 is 0 Å². The highest BCUT2D eigenvalue weighted by molar-refractivity contribution is 6.31. The van der Waals surface area contributed by atoms with Crippen LogP contribution in [-0.4, -0.2) is 47.4 Å². The number of aliphatic hydroxyl groups excluding tert-OH is 1. The van der Waals surface area contributed by atoms with Crippen molar-refractivity contribution in [3.05, 3.63) is 64.7 Å². The Labute approximate surface area is 157 Å². The maximum absolute atomic E-state index is 12.8. The van der Waals surface area contributed by atoms with Gasteiger partial charge in [0.2, 0.25) is 5.91 Å². The average molecular weight is 373 g/mol. The average Bonchev–Trinajstić information content (AvgIpc) is 2.63. The van der Waals surface area contributed by atoms with Crippen LogP contribution in [0.4, 0.5) is 5.69 Å². The Hall–Kier alpha value is -2.21. The number of nitrogens with one attached hydrogen (secondary N) is 1. The number of likely N-dealkylation sites (tertiary alicyclic amines) is 1. The van der Waals surface area contributed by atoms with E-state index in [2.05, 4.69) is 5.32 Å². The van der Waals surface area contributed by atoms with Crippen LogP contribution in [0.1, 0.15) is 28.8 Å². The van der Waals surface area contributed by atoms with Crippen LogP contribution in [0.25, 0.3) is 0 Å². The predicted molar refractivity (Wildman–Crippen MR) is 102 cm³/mol. The first kappa shape index (κ1) is 18.6. The Morgan fingerprint density at radius 1 is 1.19 bits per heavy atom. The van der Waals surface area contributed by atoms with E-state index in [9.17, 15) is 14.7 Å². The van der Waals surface area contributed by atoms with Crippen LogP contribution in [0.3, 0.4) is 0 Å². The van der Waals surface area contributed by atoms with Crippen LogP contribution in [0.15, 0.2) is 48.5 Å². The maximum Gasteiger partial charge on any atom is 0.238 e. The van der Waals surface area contributed by atoms with Crippen LogP contribution >= 0.6 is 11.6 Å². The molecule has 5 nitrogen and oxygen atoms in total. The smallest absolute Gasteiger partial charge is 0.238 e. The van der Waals surface area contributed by atoms with Gasteiger partial charge >= 0.3 is 0 Å². The van der Waals surface area contributed by atoms with E-state index in [-0.39, 0.29) is 24.3 Å². The number of benzene rings is 2. The Kier molecular flexibility index (Phi) is 6.04. The first-order valence-electron chi connectivity index (χ1n) is 8.62. The summed E-state index contributed by atoms with van der Waals surface area (Å²) in [6.07, 6.45) is 1.25. The Morgan fingerprint density at radius 2 is 1.96 bits per heavy atom. The van der Waals surface area contributed by atoms with Crippen molar-refractivity contribution in [2.24, 2.45) is 0 Å². The molecule has 2 N–H and O–H groups in total.